The van der Waals surface area contributed by atoms with Crippen molar-refractivity contribution in [2.45, 2.75) is 23.9 Å². The normalized spacial score (nSPS) is 30.9. The monoisotopic (exact) mass is 348 g/mol. The van der Waals surface area contributed by atoms with E-state index in [0.717, 1.165) is 16.7 Å². The number of aliphatic carboxylic acids is 1. The van der Waals surface area contributed by atoms with Crippen LogP contribution in [0.2, 0.25) is 0 Å². The van der Waals surface area contributed by atoms with Crippen molar-refractivity contribution in [3.8, 4) is 0 Å². The molecule has 1 amide bonds. The third-order valence-electron chi connectivity index (χ3n) is 3.13. The van der Waals surface area contributed by atoms with Gasteiger partial charge in [0.2, 0.25) is 0 Å². The molecule has 7 nitrogen and oxygen atoms in total. The highest BCUT2D eigenvalue weighted by molar-refractivity contribution is 8.32. The summed E-state index contributed by atoms with van der Waals surface area (Å²) < 4.78 is 5.30. The van der Waals surface area contributed by atoms with Crippen LogP contribution in [0.4, 0.5) is 0 Å². The van der Waals surface area contributed by atoms with Gasteiger partial charge in [0.25, 0.3) is 5.91 Å². The molecule has 2 heterocycles. The number of hydrogen-bond acceptors (Lipinski definition) is 8. The van der Waals surface area contributed by atoms with Crippen molar-refractivity contribution in [3.05, 3.63) is 11.2 Å². The van der Waals surface area contributed by atoms with Crippen LogP contribution in [-0.2, 0) is 19.1 Å². The van der Waals surface area contributed by atoms with Crippen LogP contribution in [0.25, 0.3) is 0 Å². The molecule has 0 aromatic carbocycles. The summed E-state index contributed by atoms with van der Waals surface area (Å²) in [6, 6.07) is -1.22. The third kappa shape index (κ3) is 2.35. The summed E-state index contributed by atoms with van der Waals surface area (Å²) in [5.41, 5.74) is 4.99. The highest BCUT2D eigenvalue weighted by Crippen LogP contribution is 2.46. The van der Waals surface area contributed by atoms with Crippen molar-refractivity contribution in [2.24, 2.45) is 5.73 Å². The highest BCUT2D eigenvalue weighted by Gasteiger charge is 2.66. The van der Waals surface area contributed by atoms with Crippen molar-refractivity contribution in [2.75, 3.05) is 6.61 Å². The second-order valence-corrected chi connectivity index (χ2v) is 6.72. The molecule has 10 heteroatoms. The van der Waals surface area contributed by atoms with E-state index in [-0.39, 0.29) is 16.6 Å². The van der Waals surface area contributed by atoms with Gasteiger partial charge in [-0.2, -0.15) is 0 Å². The molecule has 1 saturated heterocycles. The molecule has 1 fully saturated rings. The summed E-state index contributed by atoms with van der Waals surface area (Å²) in [6.45, 7) is 2.01. The SMILES string of the molecule is CCOC1=CS[C@@H]2N(C(=O)C2(N)C(=S)SC=O)C1C(=O)O. The summed E-state index contributed by atoms with van der Waals surface area (Å²) in [5, 5.41) is 10.2. The maximum atomic E-state index is 12.3. The summed E-state index contributed by atoms with van der Waals surface area (Å²) >= 11 is 6.84. The summed E-state index contributed by atoms with van der Waals surface area (Å²) in [7, 11) is 0. The molecule has 3 N–H and O–H groups in total. The fourth-order valence-electron chi connectivity index (χ4n) is 2.19. The molecule has 0 spiro atoms. The number of hydrogen-bond donors (Lipinski definition) is 2. The Bertz CT molecular complexity index is 552. The molecular formula is C11H12N2O5S3. The second kappa shape index (κ2) is 5.95. The first kappa shape index (κ1) is 16.3. The van der Waals surface area contributed by atoms with E-state index >= 15 is 0 Å². The average Bonchev–Trinajstić information content (AvgIpc) is 2.45. The van der Waals surface area contributed by atoms with E-state index in [1.54, 1.807) is 6.92 Å². The van der Waals surface area contributed by atoms with E-state index in [2.05, 4.69) is 0 Å². The standard InChI is InChI=1S/C11H12N2O5S3/c1-2-18-5-3-20-9-11(12,10(19)21-4-14)8(17)13(9)6(5)7(15)16/h3-4,6,9H,2,12H2,1H3,(H,15,16)/t6?,9-,11?/m0/s1. The molecule has 21 heavy (non-hydrogen) atoms. The molecule has 114 valence electrons. The van der Waals surface area contributed by atoms with Gasteiger partial charge in [-0.1, -0.05) is 12.2 Å². The predicted molar refractivity (Wildman–Crippen MR) is 83.2 cm³/mol. The van der Waals surface area contributed by atoms with Crippen LogP contribution in [0.1, 0.15) is 6.92 Å². The van der Waals surface area contributed by atoms with Gasteiger partial charge in [0.05, 0.1) is 10.8 Å². The van der Waals surface area contributed by atoms with E-state index in [4.69, 9.17) is 22.7 Å². The van der Waals surface area contributed by atoms with Crippen LogP contribution in [0.5, 0.6) is 0 Å². The number of carboxylic acids is 1. The van der Waals surface area contributed by atoms with Crippen LogP contribution in [0, 0.1) is 0 Å². The number of thiocarbonyl (C=S) groups is 1. The zero-order chi connectivity index (χ0) is 15.8. The van der Waals surface area contributed by atoms with E-state index in [1.807, 2.05) is 0 Å². The number of carbonyl (C=O) groups is 3. The molecule has 0 aliphatic carbocycles. The predicted octanol–water partition coefficient (Wildman–Crippen LogP) is 0.181. The van der Waals surface area contributed by atoms with Crippen molar-refractivity contribution < 1.29 is 24.2 Å². The minimum Gasteiger partial charge on any atom is -0.495 e. The number of fused-ring (bicyclic) bond motifs is 1. The lowest BCUT2D eigenvalue weighted by molar-refractivity contribution is -0.162. The van der Waals surface area contributed by atoms with Crippen LogP contribution >= 0.6 is 35.7 Å². The number of ether oxygens (including phenoxy) is 1. The Morgan fingerprint density at radius 1 is 1.76 bits per heavy atom. The van der Waals surface area contributed by atoms with Gasteiger partial charge in [-0.05, 0) is 18.7 Å². The molecule has 2 rings (SSSR count). The Balaban J connectivity index is 2.33. The van der Waals surface area contributed by atoms with Gasteiger partial charge in [-0.15, -0.1) is 11.8 Å². The van der Waals surface area contributed by atoms with Gasteiger partial charge < -0.3 is 20.5 Å². The lowest BCUT2D eigenvalue weighted by Crippen LogP contribution is -2.82. The minimum atomic E-state index is -1.52. The van der Waals surface area contributed by atoms with Gasteiger partial charge in [-0.3, -0.25) is 9.59 Å². The number of carboxylic acid groups (broad SMARTS) is 1. The Hall–Kier alpha value is -1.10. The largest absolute Gasteiger partial charge is 0.495 e. The molecule has 2 unspecified atom stereocenters. The molecular weight excluding hydrogens is 336 g/mol. The van der Waals surface area contributed by atoms with Crippen molar-refractivity contribution in [1.82, 2.24) is 4.90 Å². The number of amides is 1. The zero-order valence-electron chi connectivity index (χ0n) is 10.8. The van der Waals surface area contributed by atoms with Crippen LogP contribution in [0.3, 0.4) is 0 Å². The Labute approximate surface area is 134 Å². The fourth-order valence-corrected chi connectivity index (χ4v) is 4.38. The number of thioether (sulfide) groups is 2. The molecule has 0 radical (unpaired) electrons. The maximum absolute atomic E-state index is 12.3. The molecule has 2 aliphatic rings. The topological polar surface area (TPSA) is 110 Å². The molecule has 0 aromatic heterocycles. The van der Waals surface area contributed by atoms with Gasteiger partial charge in [0, 0.05) is 5.41 Å². The first-order valence-electron chi connectivity index (χ1n) is 5.87. The van der Waals surface area contributed by atoms with Crippen LogP contribution in [0.15, 0.2) is 11.2 Å². The molecule has 0 bridgehead atoms. The maximum Gasteiger partial charge on any atom is 0.334 e. The summed E-state index contributed by atoms with van der Waals surface area (Å²) in [4.78, 5) is 35.4. The fraction of sp³-hybridized carbons (Fsp3) is 0.455. The zero-order valence-corrected chi connectivity index (χ0v) is 13.3. The molecule has 2 aliphatic heterocycles. The number of nitrogens with zero attached hydrogens (tertiary/aromatic N) is 1. The highest BCUT2D eigenvalue weighted by atomic mass is 32.2. The van der Waals surface area contributed by atoms with Crippen LogP contribution < -0.4 is 5.73 Å². The van der Waals surface area contributed by atoms with Crippen LogP contribution in [-0.4, -0.2) is 55.3 Å². The summed E-state index contributed by atoms with van der Waals surface area (Å²) in [5.74, 6) is -1.63. The van der Waals surface area contributed by atoms with E-state index < -0.39 is 28.8 Å². The second-order valence-electron chi connectivity index (χ2n) is 4.27. The Morgan fingerprint density at radius 3 is 2.95 bits per heavy atom. The third-order valence-corrected chi connectivity index (χ3v) is 5.63. The number of carbonyl (C=O) groups excluding carboxylic acids is 2. The molecule has 3 atom stereocenters. The Morgan fingerprint density at radius 2 is 2.43 bits per heavy atom. The van der Waals surface area contributed by atoms with Gasteiger partial charge >= 0.3 is 5.97 Å². The summed E-state index contributed by atoms with van der Waals surface area (Å²) in [6.07, 6.45) is 0. The minimum absolute atomic E-state index is 0.0358. The smallest absolute Gasteiger partial charge is 0.334 e. The van der Waals surface area contributed by atoms with Crippen molar-refractivity contribution >= 4 is 57.4 Å². The van der Waals surface area contributed by atoms with Gasteiger partial charge in [-0.25, -0.2) is 4.79 Å². The van der Waals surface area contributed by atoms with Crippen molar-refractivity contribution in [3.63, 3.8) is 0 Å². The molecule has 0 saturated carbocycles. The quantitative estimate of drug-likeness (QED) is 0.408. The number of nitrogens with two attached hydrogens (primary N) is 1. The first-order valence-corrected chi connectivity index (χ1v) is 8.10. The number of β-lactam (4-membered cyclic amide) rings is 1. The number of rotatable bonds is 5. The van der Waals surface area contributed by atoms with E-state index in [9.17, 15) is 19.5 Å². The van der Waals surface area contributed by atoms with Gasteiger partial charge in [0.1, 0.15) is 11.1 Å². The lowest BCUT2D eigenvalue weighted by Gasteiger charge is -2.56. The average molecular weight is 348 g/mol. The van der Waals surface area contributed by atoms with Crippen molar-refractivity contribution in [1.29, 1.82) is 0 Å². The van der Waals surface area contributed by atoms with E-state index in [1.165, 1.54) is 5.41 Å². The Kier molecular flexibility index (Phi) is 4.61. The lowest BCUT2D eigenvalue weighted by atomic mass is 9.88. The van der Waals surface area contributed by atoms with Gasteiger partial charge in [0.15, 0.2) is 17.2 Å². The molecule has 0 aromatic rings. The van der Waals surface area contributed by atoms with E-state index in [0.29, 0.717) is 17.4 Å². The first-order chi connectivity index (χ1) is 9.89.